The lowest BCUT2D eigenvalue weighted by atomic mass is 9.92. The van der Waals surface area contributed by atoms with Gasteiger partial charge in [0, 0.05) is 17.6 Å². The molecule has 1 unspecified atom stereocenters. The highest BCUT2D eigenvalue weighted by molar-refractivity contribution is 6.30. The minimum Gasteiger partial charge on any atom is -0.486 e. The molecule has 4 aromatic rings. The van der Waals surface area contributed by atoms with E-state index in [2.05, 4.69) is 59.3 Å². The quantitative estimate of drug-likeness (QED) is 0.365. The van der Waals surface area contributed by atoms with Crippen LogP contribution in [0.1, 0.15) is 41.4 Å². The van der Waals surface area contributed by atoms with Crippen molar-refractivity contribution in [2.75, 3.05) is 6.54 Å². The molecule has 0 saturated heterocycles. The second-order valence-electron chi connectivity index (χ2n) is 8.46. The minimum atomic E-state index is 0.422. The average Bonchev–Trinajstić information content (AvgIpc) is 3.18. The Hall–Kier alpha value is -2.82. The van der Waals surface area contributed by atoms with Crippen molar-refractivity contribution in [3.63, 3.8) is 0 Å². The molecule has 1 aromatic heterocycles. The molecule has 4 nitrogen and oxygen atoms in total. The van der Waals surface area contributed by atoms with Gasteiger partial charge in [0.15, 0.2) is 0 Å². The van der Waals surface area contributed by atoms with E-state index >= 15 is 0 Å². The Morgan fingerprint density at radius 3 is 2.78 bits per heavy atom. The first kappa shape index (κ1) is 21.0. The second kappa shape index (κ2) is 9.35. The number of hydrogen-bond donors (Lipinski definition) is 1. The maximum atomic E-state index is 6.05. The number of benzene rings is 3. The van der Waals surface area contributed by atoms with Crippen LogP contribution in [0.15, 0.2) is 66.7 Å². The van der Waals surface area contributed by atoms with Crippen molar-refractivity contribution in [1.82, 2.24) is 14.9 Å². The number of nitrogens with zero attached hydrogens (tertiary/aromatic N) is 2. The van der Waals surface area contributed by atoms with Gasteiger partial charge in [0.1, 0.15) is 18.2 Å². The van der Waals surface area contributed by atoms with Crippen LogP contribution >= 0.6 is 11.6 Å². The molecule has 5 rings (SSSR count). The smallest absolute Gasteiger partial charge is 0.148 e. The van der Waals surface area contributed by atoms with Gasteiger partial charge in [-0.2, -0.15) is 0 Å². The molecule has 0 spiro atoms. The summed E-state index contributed by atoms with van der Waals surface area (Å²) in [5, 5.41) is 4.41. The highest BCUT2D eigenvalue weighted by Gasteiger charge is 2.19. The molecule has 5 heteroatoms. The van der Waals surface area contributed by atoms with Crippen molar-refractivity contribution in [2.45, 2.75) is 45.4 Å². The number of hydrogen-bond acceptors (Lipinski definition) is 3. The summed E-state index contributed by atoms with van der Waals surface area (Å²) in [5.74, 6) is 1.76. The Morgan fingerprint density at radius 2 is 1.91 bits per heavy atom. The molecule has 3 aromatic carbocycles. The highest BCUT2D eigenvalue weighted by atomic mass is 35.5. The summed E-state index contributed by atoms with van der Waals surface area (Å²) >= 11 is 6.00. The zero-order valence-corrected chi connectivity index (χ0v) is 19.1. The fraction of sp³-hybridized carbons (Fsp3) is 0.296. The van der Waals surface area contributed by atoms with Gasteiger partial charge in [0.2, 0.25) is 0 Å². The third kappa shape index (κ3) is 4.38. The van der Waals surface area contributed by atoms with E-state index in [-0.39, 0.29) is 0 Å². The van der Waals surface area contributed by atoms with Gasteiger partial charge in [-0.15, -0.1) is 0 Å². The predicted molar refractivity (Wildman–Crippen MR) is 130 cm³/mol. The number of halogens is 1. The average molecular weight is 446 g/mol. The number of ether oxygens (including phenoxy) is 1. The number of imidazole rings is 1. The van der Waals surface area contributed by atoms with Crippen LogP contribution in [0.3, 0.4) is 0 Å². The van der Waals surface area contributed by atoms with Crippen molar-refractivity contribution in [3.05, 3.63) is 94.3 Å². The van der Waals surface area contributed by atoms with Crippen LogP contribution in [0.25, 0.3) is 11.0 Å². The fourth-order valence-corrected chi connectivity index (χ4v) is 4.80. The lowest BCUT2D eigenvalue weighted by Crippen LogP contribution is -2.29. The number of rotatable bonds is 7. The molecule has 0 aliphatic carbocycles. The van der Waals surface area contributed by atoms with E-state index in [0.717, 1.165) is 49.4 Å². The molecule has 0 radical (unpaired) electrons. The summed E-state index contributed by atoms with van der Waals surface area (Å²) in [4.78, 5) is 4.94. The first-order valence-electron chi connectivity index (χ1n) is 11.3. The molecule has 0 bridgehead atoms. The Kier molecular flexibility index (Phi) is 6.15. The molecule has 0 amide bonds. The highest BCUT2D eigenvalue weighted by Crippen LogP contribution is 2.28. The Labute approximate surface area is 194 Å². The van der Waals surface area contributed by atoms with Gasteiger partial charge in [0.25, 0.3) is 0 Å². The van der Waals surface area contributed by atoms with Crippen LogP contribution in [0.2, 0.25) is 5.02 Å². The lowest BCUT2D eigenvalue weighted by Gasteiger charge is -2.27. The topological polar surface area (TPSA) is 39.1 Å². The Balaban J connectivity index is 1.34. The van der Waals surface area contributed by atoms with Crippen molar-refractivity contribution in [2.24, 2.45) is 0 Å². The van der Waals surface area contributed by atoms with Crippen molar-refractivity contribution < 1.29 is 4.74 Å². The minimum absolute atomic E-state index is 0.422. The molecule has 32 heavy (non-hydrogen) atoms. The predicted octanol–water partition coefficient (Wildman–Crippen LogP) is 6.24. The third-order valence-corrected chi connectivity index (χ3v) is 6.58. The zero-order valence-electron chi connectivity index (χ0n) is 18.4. The first-order chi connectivity index (χ1) is 15.7. The number of fused-ring (bicyclic) bond motifs is 2. The number of aromatic nitrogens is 2. The Morgan fingerprint density at radius 1 is 1.06 bits per heavy atom. The van der Waals surface area contributed by atoms with E-state index in [4.69, 9.17) is 21.3 Å². The monoisotopic (exact) mass is 445 g/mol. The van der Waals surface area contributed by atoms with E-state index in [1.54, 1.807) is 0 Å². The molecule has 1 aliphatic heterocycles. The molecule has 1 N–H and O–H groups in total. The standard InChI is InChI=1S/C27H28ClN3O/c1-19-6-4-10-25-27(19)30-26(18-32-22-13-11-21(28)12-14-22)31(25)17-5-9-24-23-8-3-2-7-20(23)15-16-29-24/h2-4,6-8,10-14,24,29H,5,9,15-18H2,1H3. The zero-order chi connectivity index (χ0) is 21.9. The summed E-state index contributed by atoms with van der Waals surface area (Å²) in [6, 6.07) is 23.1. The number of nitrogens with one attached hydrogen (secondary N) is 1. The largest absolute Gasteiger partial charge is 0.486 e. The van der Waals surface area contributed by atoms with Crippen molar-refractivity contribution in [1.29, 1.82) is 0 Å². The molecule has 0 fully saturated rings. The molecular weight excluding hydrogens is 418 g/mol. The number of para-hydroxylation sites is 1. The van der Waals surface area contributed by atoms with E-state index in [1.807, 2.05) is 24.3 Å². The molecule has 1 atom stereocenters. The van der Waals surface area contributed by atoms with Crippen molar-refractivity contribution in [3.8, 4) is 5.75 Å². The first-order valence-corrected chi connectivity index (χ1v) is 11.7. The van der Waals surface area contributed by atoms with Crippen LogP contribution in [-0.4, -0.2) is 16.1 Å². The molecular formula is C27H28ClN3O. The summed E-state index contributed by atoms with van der Waals surface area (Å²) in [5.41, 5.74) is 6.37. The van der Waals surface area contributed by atoms with E-state index in [1.165, 1.54) is 22.2 Å². The third-order valence-electron chi connectivity index (χ3n) is 6.33. The molecule has 0 saturated carbocycles. The summed E-state index contributed by atoms with van der Waals surface area (Å²) in [6.45, 7) is 4.52. The molecule has 164 valence electrons. The summed E-state index contributed by atoms with van der Waals surface area (Å²) in [7, 11) is 0. The van der Waals surface area contributed by atoms with E-state index in [0.29, 0.717) is 17.7 Å². The van der Waals surface area contributed by atoms with E-state index in [9.17, 15) is 0 Å². The lowest BCUT2D eigenvalue weighted by molar-refractivity contribution is 0.289. The maximum absolute atomic E-state index is 6.05. The summed E-state index contributed by atoms with van der Waals surface area (Å²) in [6.07, 6.45) is 3.28. The van der Waals surface area contributed by atoms with Gasteiger partial charge >= 0.3 is 0 Å². The van der Waals surface area contributed by atoms with Crippen LogP contribution in [0.5, 0.6) is 5.75 Å². The maximum Gasteiger partial charge on any atom is 0.148 e. The fourth-order valence-electron chi connectivity index (χ4n) is 4.68. The Bertz CT molecular complexity index is 1220. The van der Waals surface area contributed by atoms with Gasteiger partial charge in [-0.3, -0.25) is 0 Å². The van der Waals surface area contributed by atoms with Gasteiger partial charge in [-0.1, -0.05) is 48.0 Å². The van der Waals surface area contributed by atoms with Crippen LogP contribution in [0.4, 0.5) is 0 Å². The van der Waals surface area contributed by atoms with Crippen LogP contribution < -0.4 is 10.1 Å². The van der Waals surface area contributed by atoms with Crippen LogP contribution in [0, 0.1) is 6.92 Å². The van der Waals surface area contributed by atoms with Gasteiger partial charge < -0.3 is 14.6 Å². The van der Waals surface area contributed by atoms with Crippen LogP contribution in [-0.2, 0) is 19.6 Å². The van der Waals surface area contributed by atoms with Gasteiger partial charge in [-0.25, -0.2) is 4.98 Å². The van der Waals surface area contributed by atoms with Gasteiger partial charge in [0.05, 0.1) is 11.0 Å². The SMILES string of the molecule is Cc1cccc2c1nc(COc1ccc(Cl)cc1)n2CCCC1NCCc2ccccc21. The molecule has 2 heterocycles. The summed E-state index contributed by atoms with van der Waals surface area (Å²) < 4.78 is 8.37. The molecule has 1 aliphatic rings. The van der Waals surface area contributed by atoms with E-state index < -0.39 is 0 Å². The van der Waals surface area contributed by atoms with Crippen molar-refractivity contribution >= 4 is 22.6 Å². The normalized spacial score (nSPS) is 15.6. The second-order valence-corrected chi connectivity index (χ2v) is 8.90. The number of aryl methyl sites for hydroxylation is 2. The van der Waals surface area contributed by atoms with Gasteiger partial charge in [-0.05, 0) is 79.8 Å².